The fraction of sp³-hybridized carbons (Fsp3) is 0.286. The maximum absolute atomic E-state index is 13.9. The van der Waals surface area contributed by atoms with Crippen LogP contribution in [-0.4, -0.2) is 35.1 Å². The molecule has 3 aromatic carbocycles. The second kappa shape index (κ2) is 9.49. The van der Waals surface area contributed by atoms with Gasteiger partial charge in [-0.15, -0.1) is 0 Å². The molecule has 0 N–H and O–H groups in total. The molecule has 1 unspecified atom stereocenters. The fourth-order valence-electron chi connectivity index (χ4n) is 4.13. The maximum atomic E-state index is 13.9. The molecule has 0 aliphatic carbocycles. The molecule has 0 radical (unpaired) electrons. The van der Waals surface area contributed by atoms with E-state index >= 15 is 0 Å². The predicted molar refractivity (Wildman–Crippen MR) is 131 cm³/mol. The normalized spacial score (nSPS) is 15.8. The Kier molecular flexibility index (Phi) is 6.50. The van der Waals surface area contributed by atoms with E-state index in [0.29, 0.717) is 13.0 Å². The molecule has 0 saturated carbocycles. The Labute approximate surface area is 195 Å². The Hall–Kier alpha value is -3.60. The van der Waals surface area contributed by atoms with Gasteiger partial charge in [0, 0.05) is 17.9 Å². The molecule has 170 valence electrons. The lowest BCUT2D eigenvalue weighted by Crippen LogP contribution is -2.48. The summed E-state index contributed by atoms with van der Waals surface area (Å²) < 4.78 is 5.57. The number of carbonyl (C=O) groups excluding carboxylic acids is 2. The number of hydrogen-bond acceptors (Lipinski definition) is 3. The van der Waals surface area contributed by atoms with Gasteiger partial charge >= 0.3 is 6.09 Å². The van der Waals surface area contributed by atoms with Gasteiger partial charge in [-0.05, 0) is 69.0 Å². The molecule has 1 aliphatic rings. The van der Waals surface area contributed by atoms with Crippen molar-refractivity contribution in [3.63, 3.8) is 0 Å². The van der Waals surface area contributed by atoms with E-state index in [2.05, 4.69) is 12.1 Å². The topological polar surface area (TPSA) is 49.9 Å². The molecule has 5 heteroatoms. The molecule has 4 rings (SSSR count). The first-order valence-electron chi connectivity index (χ1n) is 11.4. The molecule has 33 heavy (non-hydrogen) atoms. The van der Waals surface area contributed by atoms with E-state index in [1.807, 2.05) is 93.6 Å². The van der Waals surface area contributed by atoms with Crippen LogP contribution >= 0.6 is 0 Å². The van der Waals surface area contributed by atoms with E-state index in [-0.39, 0.29) is 5.91 Å². The molecular weight excluding hydrogens is 412 g/mol. The van der Waals surface area contributed by atoms with Crippen molar-refractivity contribution in [1.82, 2.24) is 4.90 Å². The third-order valence-electron chi connectivity index (χ3n) is 5.63. The van der Waals surface area contributed by atoms with Crippen molar-refractivity contribution in [3.8, 4) is 11.1 Å². The third kappa shape index (κ3) is 5.25. The molecule has 1 fully saturated rings. The zero-order valence-corrected chi connectivity index (χ0v) is 19.4. The van der Waals surface area contributed by atoms with Gasteiger partial charge in [0.05, 0.1) is 0 Å². The number of anilines is 2. The Balaban J connectivity index is 1.65. The van der Waals surface area contributed by atoms with Crippen LogP contribution in [0.4, 0.5) is 16.2 Å². The largest absolute Gasteiger partial charge is 0.444 e. The number of likely N-dealkylation sites (tertiary alicyclic amines) is 1. The summed E-state index contributed by atoms with van der Waals surface area (Å²) in [5.74, 6) is -0.128. The van der Waals surface area contributed by atoms with Crippen molar-refractivity contribution in [1.29, 1.82) is 0 Å². The zero-order valence-electron chi connectivity index (χ0n) is 19.4. The minimum atomic E-state index is -0.611. The summed E-state index contributed by atoms with van der Waals surface area (Å²) in [7, 11) is 0. The lowest BCUT2D eigenvalue weighted by Gasteiger charge is -2.32. The maximum Gasteiger partial charge on any atom is 0.410 e. The van der Waals surface area contributed by atoms with Crippen molar-refractivity contribution in [2.24, 2.45) is 0 Å². The van der Waals surface area contributed by atoms with E-state index in [1.54, 1.807) is 9.80 Å². The summed E-state index contributed by atoms with van der Waals surface area (Å²) in [6.07, 6.45) is 0.945. The van der Waals surface area contributed by atoms with Crippen LogP contribution in [0.5, 0.6) is 0 Å². The fourth-order valence-corrected chi connectivity index (χ4v) is 4.13. The second-order valence-corrected chi connectivity index (χ2v) is 9.25. The number of amides is 2. The summed E-state index contributed by atoms with van der Waals surface area (Å²) >= 11 is 0. The Bertz CT molecular complexity index is 1090. The highest BCUT2D eigenvalue weighted by atomic mass is 16.6. The first-order chi connectivity index (χ1) is 15.8. The number of rotatable bonds is 4. The summed E-state index contributed by atoms with van der Waals surface area (Å²) in [6, 6.07) is 27.1. The minimum absolute atomic E-state index is 0.128. The molecule has 1 saturated heterocycles. The predicted octanol–water partition coefficient (Wildman–Crippen LogP) is 6.42. The highest BCUT2D eigenvalue weighted by Gasteiger charge is 2.39. The van der Waals surface area contributed by atoms with Gasteiger partial charge in [-0.25, -0.2) is 4.79 Å². The molecule has 3 aromatic rings. The van der Waals surface area contributed by atoms with Crippen molar-refractivity contribution in [2.45, 2.75) is 45.3 Å². The van der Waals surface area contributed by atoms with Crippen LogP contribution in [0.2, 0.25) is 0 Å². The SMILES string of the molecule is CC(C)(C)OC(=O)N1CCCC1C(=O)N(c1ccccc1)c1ccc(-c2ccccc2)cc1. The summed E-state index contributed by atoms with van der Waals surface area (Å²) in [5.41, 5.74) is 3.12. The molecule has 5 nitrogen and oxygen atoms in total. The van der Waals surface area contributed by atoms with Crippen LogP contribution in [0.3, 0.4) is 0 Å². The molecule has 2 amide bonds. The van der Waals surface area contributed by atoms with Gasteiger partial charge in [0.15, 0.2) is 0 Å². The number of nitrogens with zero attached hydrogens (tertiary/aromatic N) is 2. The molecule has 1 heterocycles. The van der Waals surface area contributed by atoms with E-state index in [4.69, 9.17) is 4.74 Å². The van der Waals surface area contributed by atoms with Crippen LogP contribution in [0.1, 0.15) is 33.6 Å². The number of ether oxygens (including phenoxy) is 1. The van der Waals surface area contributed by atoms with Gasteiger partial charge in [-0.2, -0.15) is 0 Å². The van der Waals surface area contributed by atoms with Crippen molar-refractivity contribution in [3.05, 3.63) is 84.9 Å². The zero-order chi connectivity index (χ0) is 23.4. The van der Waals surface area contributed by atoms with Crippen LogP contribution in [-0.2, 0) is 9.53 Å². The van der Waals surface area contributed by atoms with Crippen LogP contribution < -0.4 is 4.90 Å². The van der Waals surface area contributed by atoms with Crippen LogP contribution in [0.15, 0.2) is 84.9 Å². The summed E-state index contributed by atoms with van der Waals surface area (Å²) in [4.78, 5) is 29.9. The Morgan fingerprint density at radius 1 is 0.818 bits per heavy atom. The Morgan fingerprint density at radius 3 is 1.97 bits per heavy atom. The smallest absolute Gasteiger partial charge is 0.410 e. The van der Waals surface area contributed by atoms with Crippen LogP contribution in [0, 0.1) is 0 Å². The average Bonchev–Trinajstić information content (AvgIpc) is 3.30. The molecular formula is C28H30N2O3. The monoisotopic (exact) mass is 442 g/mol. The van der Waals surface area contributed by atoms with Gasteiger partial charge in [0.2, 0.25) is 0 Å². The van der Waals surface area contributed by atoms with Crippen molar-refractivity contribution >= 4 is 23.4 Å². The highest BCUT2D eigenvalue weighted by Crippen LogP contribution is 2.32. The molecule has 0 spiro atoms. The number of carbonyl (C=O) groups is 2. The minimum Gasteiger partial charge on any atom is -0.444 e. The first kappa shape index (κ1) is 22.6. The van der Waals surface area contributed by atoms with Crippen molar-refractivity contribution in [2.75, 3.05) is 11.4 Å². The van der Waals surface area contributed by atoms with Gasteiger partial charge < -0.3 is 4.74 Å². The molecule has 0 aromatic heterocycles. The van der Waals surface area contributed by atoms with E-state index in [1.165, 1.54) is 0 Å². The van der Waals surface area contributed by atoms with Gasteiger partial charge in [0.1, 0.15) is 11.6 Å². The van der Waals surface area contributed by atoms with E-state index in [0.717, 1.165) is 28.9 Å². The van der Waals surface area contributed by atoms with Crippen LogP contribution in [0.25, 0.3) is 11.1 Å². The number of para-hydroxylation sites is 1. The van der Waals surface area contributed by atoms with Gasteiger partial charge in [0.25, 0.3) is 5.91 Å². The lowest BCUT2D eigenvalue weighted by molar-refractivity contribution is -0.122. The lowest BCUT2D eigenvalue weighted by atomic mass is 10.0. The quantitative estimate of drug-likeness (QED) is 0.469. The number of benzene rings is 3. The first-order valence-corrected chi connectivity index (χ1v) is 11.4. The van der Waals surface area contributed by atoms with Gasteiger partial charge in [-0.1, -0.05) is 60.7 Å². The number of hydrogen-bond donors (Lipinski definition) is 0. The third-order valence-corrected chi connectivity index (χ3v) is 5.63. The average molecular weight is 443 g/mol. The standard InChI is InChI=1S/C28H30N2O3/c1-28(2,3)33-27(32)29-20-10-15-25(29)26(31)30(23-13-8-5-9-14-23)24-18-16-22(17-19-24)21-11-6-4-7-12-21/h4-9,11-14,16-19,25H,10,15,20H2,1-3H3. The van der Waals surface area contributed by atoms with Gasteiger partial charge in [-0.3, -0.25) is 14.6 Å². The molecule has 0 bridgehead atoms. The second-order valence-electron chi connectivity index (χ2n) is 9.25. The molecule has 1 atom stereocenters. The van der Waals surface area contributed by atoms with E-state index < -0.39 is 17.7 Å². The highest BCUT2D eigenvalue weighted by molar-refractivity contribution is 6.04. The molecule has 1 aliphatic heterocycles. The summed E-state index contributed by atoms with van der Waals surface area (Å²) in [6.45, 7) is 6.02. The van der Waals surface area contributed by atoms with Crippen molar-refractivity contribution < 1.29 is 14.3 Å². The van der Waals surface area contributed by atoms with E-state index in [9.17, 15) is 9.59 Å². The summed E-state index contributed by atoms with van der Waals surface area (Å²) in [5, 5.41) is 0. The Morgan fingerprint density at radius 2 is 1.36 bits per heavy atom.